The highest BCUT2D eigenvalue weighted by Gasteiger charge is 2.30. The Kier molecular flexibility index (Phi) is 5.82. The van der Waals surface area contributed by atoms with Crippen LogP contribution < -0.4 is 16.4 Å². The first-order valence-corrected chi connectivity index (χ1v) is 9.76. The van der Waals surface area contributed by atoms with Crippen LogP contribution >= 0.6 is 0 Å². The number of alkyl halides is 3. The maximum absolute atomic E-state index is 12.9. The van der Waals surface area contributed by atoms with Crippen LogP contribution in [0.3, 0.4) is 0 Å². The zero-order valence-corrected chi connectivity index (χ0v) is 17.0. The number of benzene rings is 1. The van der Waals surface area contributed by atoms with Gasteiger partial charge >= 0.3 is 6.18 Å². The molecule has 0 saturated carbocycles. The summed E-state index contributed by atoms with van der Waals surface area (Å²) in [4.78, 5) is 42.6. The van der Waals surface area contributed by atoms with Crippen molar-refractivity contribution in [2.45, 2.75) is 19.3 Å². The van der Waals surface area contributed by atoms with Crippen molar-refractivity contribution in [1.29, 1.82) is 0 Å². The van der Waals surface area contributed by atoms with Crippen molar-refractivity contribution in [2.75, 3.05) is 6.54 Å². The van der Waals surface area contributed by atoms with Crippen LogP contribution in [-0.2, 0) is 19.3 Å². The van der Waals surface area contributed by atoms with Crippen molar-refractivity contribution >= 4 is 16.9 Å². The Hall–Kier alpha value is -4.22. The molecule has 1 aromatic carbocycles. The highest BCUT2D eigenvalue weighted by Crippen LogP contribution is 2.29. The monoisotopic (exact) mass is 458 g/mol. The molecule has 3 aromatic heterocycles. The van der Waals surface area contributed by atoms with Crippen LogP contribution in [0.5, 0.6) is 0 Å². The third-order valence-corrected chi connectivity index (χ3v) is 4.89. The first-order valence-electron chi connectivity index (χ1n) is 9.76. The third kappa shape index (κ3) is 4.84. The van der Waals surface area contributed by atoms with Gasteiger partial charge in [-0.15, -0.1) is 0 Å². The molecule has 3 heterocycles. The summed E-state index contributed by atoms with van der Waals surface area (Å²) in [5, 5.41) is 7.00. The summed E-state index contributed by atoms with van der Waals surface area (Å²) in [7, 11) is 0. The second-order valence-corrected chi connectivity index (χ2v) is 7.18. The Morgan fingerprint density at radius 2 is 1.97 bits per heavy atom. The average molecular weight is 458 g/mol. The van der Waals surface area contributed by atoms with Gasteiger partial charge in [0.05, 0.1) is 30.4 Å². The lowest BCUT2D eigenvalue weighted by atomic mass is 10.1. The molecule has 33 heavy (non-hydrogen) atoms. The van der Waals surface area contributed by atoms with Crippen LogP contribution in [-0.4, -0.2) is 36.8 Å². The molecule has 0 saturated heterocycles. The number of carbonyl (C=O) groups excluding carboxylic acids is 1. The van der Waals surface area contributed by atoms with E-state index in [0.29, 0.717) is 11.2 Å². The largest absolute Gasteiger partial charge is 0.416 e. The summed E-state index contributed by atoms with van der Waals surface area (Å²) in [5.74, 6) is -0.390. The molecule has 0 spiro atoms. The Bertz CT molecular complexity index is 1420. The molecule has 0 unspecified atom stereocenters. The van der Waals surface area contributed by atoms with Crippen LogP contribution in [0.15, 0.2) is 64.7 Å². The van der Waals surface area contributed by atoms with E-state index in [1.807, 2.05) is 0 Å². The number of amides is 1. The van der Waals surface area contributed by atoms with Gasteiger partial charge in [0.15, 0.2) is 5.65 Å². The van der Waals surface area contributed by atoms with E-state index in [0.717, 1.165) is 12.1 Å². The molecule has 12 heteroatoms. The number of aromatic nitrogens is 5. The fourth-order valence-corrected chi connectivity index (χ4v) is 3.25. The lowest BCUT2D eigenvalue weighted by molar-refractivity contribution is -0.137. The smallest absolute Gasteiger partial charge is 0.350 e. The van der Waals surface area contributed by atoms with Gasteiger partial charge in [-0.25, -0.2) is 9.67 Å². The van der Waals surface area contributed by atoms with Gasteiger partial charge in [0.25, 0.3) is 11.5 Å². The Morgan fingerprint density at radius 3 is 2.70 bits per heavy atom. The fraction of sp³-hybridized carbons (Fsp3) is 0.190. The molecule has 0 fully saturated rings. The lowest BCUT2D eigenvalue weighted by Gasteiger charge is -2.10. The quantitative estimate of drug-likeness (QED) is 0.457. The molecule has 4 aromatic rings. The molecule has 0 aliphatic carbocycles. The molecule has 1 amide bonds. The number of rotatable bonds is 6. The minimum absolute atomic E-state index is 0.0773. The fourth-order valence-electron chi connectivity index (χ4n) is 3.25. The van der Waals surface area contributed by atoms with Gasteiger partial charge in [-0.05, 0) is 23.8 Å². The van der Waals surface area contributed by atoms with Crippen molar-refractivity contribution < 1.29 is 18.0 Å². The number of fused-ring (bicyclic) bond motifs is 1. The zero-order valence-electron chi connectivity index (χ0n) is 17.0. The second-order valence-electron chi connectivity index (χ2n) is 7.18. The van der Waals surface area contributed by atoms with Gasteiger partial charge in [0.1, 0.15) is 11.7 Å². The summed E-state index contributed by atoms with van der Waals surface area (Å²) >= 11 is 0. The topological polar surface area (TPSA) is 115 Å². The number of hydrogen-bond acceptors (Lipinski definition) is 5. The highest BCUT2D eigenvalue weighted by atomic mass is 19.4. The molecule has 0 atom stereocenters. The zero-order chi connectivity index (χ0) is 23.6. The number of carbonyl (C=O) groups is 1. The molecule has 0 aliphatic rings. The van der Waals surface area contributed by atoms with E-state index in [-0.39, 0.29) is 42.1 Å². The first kappa shape index (κ1) is 22.0. The predicted molar refractivity (Wildman–Crippen MR) is 112 cm³/mol. The van der Waals surface area contributed by atoms with Crippen LogP contribution in [0.2, 0.25) is 0 Å². The van der Waals surface area contributed by atoms with E-state index >= 15 is 0 Å². The van der Waals surface area contributed by atoms with Gasteiger partial charge in [0.2, 0.25) is 5.56 Å². The summed E-state index contributed by atoms with van der Waals surface area (Å²) in [6.07, 6.45) is -0.591. The lowest BCUT2D eigenvalue weighted by Crippen LogP contribution is -2.28. The van der Waals surface area contributed by atoms with Gasteiger partial charge in [-0.2, -0.15) is 18.3 Å². The molecule has 2 N–H and O–H groups in total. The molecular weight excluding hydrogens is 441 g/mol. The number of nitrogens with zero attached hydrogens (tertiary/aromatic N) is 4. The normalized spacial score (nSPS) is 11.6. The van der Waals surface area contributed by atoms with Crippen molar-refractivity contribution in [1.82, 2.24) is 29.6 Å². The predicted octanol–water partition coefficient (Wildman–Crippen LogP) is 1.78. The number of hydrogen-bond donors (Lipinski definition) is 2. The van der Waals surface area contributed by atoms with Crippen LogP contribution in [0.25, 0.3) is 11.0 Å². The molecule has 4 rings (SSSR count). The highest BCUT2D eigenvalue weighted by molar-refractivity contribution is 5.93. The van der Waals surface area contributed by atoms with E-state index in [9.17, 15) is 27.6 Å². The maximum Gasteiger partial charge on any atom is 0.416 e. The first-order chi connectivity index (χ1) is 15.7. The summed E-state index contributed by atoms with van der Waals surface area (Å²) in [5.41, 5.74) is -0.668. The summed E-state index contributed by atoms with van der Waals surface area (Å²) < 4.78 is 41.4. The van der Waals surface area contributed by atoms with Crippen LogP contribution in [0, 0.1) is 0 Å². The van der Waals surface area contributed by atoms with E-state index in [1.165, 1.54) is 52.2 Å². The molecule has 0 aliphatic heterocycles. The number of pyridine rings is 1. The van der Waals surface area contributed by atoms with Gasteiger partial charge < -0.3 is 10.3 Å². The van der Waals surface area contributed by atoms with Gasteiger partial charge in [-0.3, -0.25) is 19.0 Å². The van der Waals surface area contributed by atoms with Crippen molar-refractivity contribution in [2.24, 2.45) is 0 Å². The standard InChI is InChI=1S/C21H17F3N6O3/c22-21(23,24)15-3-1-2-13(8-15)11-29-12-27-18-16(20(29)33)10-28-30(18)7-6-25-19(32)14-4-5-17(31)26-9-14/h1-5,8-10,12H,6-7,11H2,(H,25,32)(H,26,31). The average Bonchev–Trinajstić information content (AvgIpc) is 3.19. The Balaban J connectivity index is 1.47. The Labute approximate surface area is 183 Å². The van der Waals surface area contributed by atoms with Gasteiger partial charge in [0, 0.05) is 18.8 Å². The molecule has 170 valence electrons. The molecule has 9 nitrogen and oxygen atoms in total. The minimum atomic E-state index is -4.47. The molecule has 0 radical (unpaired) electrons. The molecular formula is C21H17F3N6O3. The third-order valence-electron chi connectivity index (χ3n) is 4.89. The van der Waals surface area contributed by atoms with Crippen molar-refractivity contribution in [3.05, 3.63) is 92.5 Å². The van der Waals surface area contributed by atoms with Crippen molar-refractivity contribution in [3.8, 4) is 0 Å². The van der Waals surface area contributed by atoms with Crippen LogP contribution in [0.4, 0.5) is 13.2 Å². The van der Waals surface area contributed by atoms with E-state index in [1.54, 1.807) is 0 Å². The van der Waals surface area contributed by atoms with Crippen molar-refractivity contribution in [3.63, 3.8) is 0 Å². The van der Waals surface area contributed by atoms with Crippen LogP contribution in [0.1, 0.15) is 21.5 Å². The Morgan fingerprint density at radius 1 is 1.15 bits per heavy atom. The van der Waals surface area contributed by atoms with Gasteiger partial charge in [-0.1, -0.05) is 12.1 Å². The molecule has 0 bridgehead atoms. The number of nitrogens with one attached hydrogen (secondary N) is 2. The summed E-state index contributed by atoms with van der Waals surface area (Å²) in [6, 6.07) is 7.38. The minimum Gasteiger partial charge on any atom is -0.350 e. The maximum atomic E-state index is 12.9. The van der Waals surface area contributed by atoms with E-state index < -0.39 is 17.3 Å². The van der Waals surface area contributed by atoms with E-state index in [2.05, 4.69) is 20.4 Å². The SMILES string of the molecule is O=C(NCCn1ncc2c(=O)n(Cc3cccc(C(F)(F)F)c3)cnc21)c1ccc(=O)[nH]c1. The summed E-state index contributed by atoms with van der Waals surface area (Å²) in [6.45, 7) is 0.332. The number of halogens is 3. The van der Waals surface area contributed by atoms with E-state index in [4.69, 9.17) is 0 Å². The number of aromatic amines is 1. The second kappa shape index (κ2) is 8.73. The number of H-pyrrole nitrogens is 1.